The maximum atomic E-state index is 6.25. The number of nitrogens with two attached hydrogens (primary N) is 1. The van der Waals surface area contributed by atoms with Crippen LogP contribution in [0, 0.1) is 0 Å². The van der Waals surface area contributed by atoms with Crippen molar-refractivity contribution in [1.29, 1.82) is 0 Å². The van der Waals surface area contributed by atoms with Crippen LogP contribution in [0.25, 0.3) is 10.8 Å². The summed E-state index contributed by atoms with van der Waals surface area (Å²) in [7, 11) is 0. The number of rotatable bonds is 9. The van der Waals surface area contributed by atoms with Gasteiger partial charge < -0.3 is 10.5 Å². The normalized spacial score (nSPS) is 13.9. The first kappa shape index (κ1) is 17.8. The van der Waals surface area contributed by atoms with E-state index in [1.54, 1.807) is 0 Å². The van der Waals surface area contributed by atoms with E-state index in [9.17, 15) is 0 Å². The van der Waals surface area contributed by atoms with E-state index in [1.165, 1.54) is 29.2 Å². The number of benzene rings is 2. The summed E-state index contributed by atoms with van der Waals surface area (Å²) < 4.78 is 5.84. The topological polar surface area (TPSA) is 35.2 Å². The second kappa shape index (κ2) is 8.35. The summed E-state index contributed by atoms with van der Waals surface area (Å²) in [6, 6.07) is 13.1. The van der Waals surface area contributed by atoms with Crippen molar-refractivity contribution in [2.45, 2.75) is 64.8 Å². The summed E-state index contributed by atoms with van der Waals surface area (Å²) in [5.74, 6) is 0.974. The van der Waals surface area contributed by atoms with E-state index >= 15 is 0 Å². The molecule has 23 heavy (non-hydrogen) atoms. The van der Waals surface area contributed by atoms with Gasteiger partial charge in [-0.3, -0.25) is 0 Å². The van der Waals surface area contributed by atoms with E-state index in [4.69, 9.17) is 10.5 Å². The second-order valence-corrected chi connectivity index (χ2v) is 6.91. The lowest BCUT2D eigenvalue weighted by atomic mass is 9.91. The monoisotopic (exact) mass is 313 g/mol. The van der Waals surface area contributed by atoms with Gasteiger partial charge in [-0.05, 0) is 61.1 Å². The Morgan fingerprint density at radius 2 is 1.74 bits per heavy atom. The maximum absolute atomic E-state index is 6.25. The van der Waals surface area contributed by atoms with Crippen molar-refractivity contribution in [3.63, 3.8) is 0 Å². The summed E-state index contributed by atoms with van der Waals surface area (Å²) in [6.07, 6.45) is 6.65. The summed E-state index contributed by atoms with van der Waals surface area (Å²) >= 11 is 0. The highest BCUT2D eigenvalue weighted by Crippen LogP contribution is 2.24. The number of ether oxygens (including phenoxy) is 1. The van der Waals surface area contributed by atoms with Gasteiger partial charge in [-0.15, -0.1) is 0 Å². The van der Waals surface area contributed by atoms with Crippen molar-refractivity contribution >= 4 is 10.8 Å². The molecule has 126 valence electrons. The largest absolute Gasteiger partial charge is 0.494 e. The number of fused-ring (bicyclic) bond motifs is 1. The van der Waals surface area contributed by atoms with Gasteiger partial charge >= 0.3 is 0 Å². The van der Waals surface area contributed by atoms with E-state index < -0.39 is 0 Å². The quantitative estimate of drug-likeness (QED) is 0.623. The molecule has 0 heterocycles. The Labute approximate surface area is 141 Å². The van der Waals surface area contributed by atoms with Crippen molar-refractivity contribution in [3.8, 4) is 5.75 Å². The lowest BCUT2D eigenvalue weighted by molar-refractivity contribution is 0.306. The van der Waals surface area contributed by atoms with Gasteiger partial charge in [0.15, 0.2) is 0 Å². The molecule has 1 atom stereocenters. The second-order valence-electron chi connectivity index (χ2n) is 6.91. The molecule has 0 aromatic heterocycles. The molecular weight excluding hydrogens is 282 g/mol. The van der Waals surface area contributed by atoms with Crippen LogP contribution in [-0.4, -0.2) is 12.1 Å². The third kappa shape index (κ3) is 5.54. The van der Waals surface area contributed by atoms with Crippen molar-refractivity contribution in [2.75, 3.05) is 6.61 Å². The van der Waals surface area contributed by atoms with Crippen molar-refractivity contribution in [1.82, 2.24) is 0 Å². The van der Waals surface area contributed by atoms with Crippen LogP contribution in [0.15, 0.2) is 36.4 Å². The van der Waals surface area contributed by atoms with Gasteiger partial charge in [0.25, 0.3) is 0 Å². The van der Waals surface area contributed by atoms with E-state index in [0.717, 1.165) is 38.0 Å². The molecule has 0 unspecified atom stereocenters. The highest BCUT2D eigenvalue weighted by molar-refractivity contribution is 5.84. The summed E-state index contributed by atoms with van der Waals surface area (Å²) in [6.45, 7) is 7.31. The Hall–Kier alpha value is -1.54. The first-order chi connectivity index (χ1) is 11.0. The zero-order chi connectivity index (χ0) is 16.7. The molecule has 0 bridgehead atoms. The molecule has 2 nitrogen and oxygen atoms in total. The molecule has 0 fully saturated rings. The Morgan fingerprint density at radius 3 is 2.48 bits per heavy atom. The predicted molar refractivity (Wildman–Crippen MR) is 100 cm³/mol. The number of aryl methyl sites for hydroxylation is 1. The molecule has 0 amide bonds. The molecule has 0 radical (unpaired) electrons. The minimum Gasteiger partial charge on any atom is -0.494 e. The molecule has 2 aromatic rings. The lowest BCUT2D eigenvalue weighted by Crippen LogP contribution is -2.35. The van der Waals surface area contributed by atoms with Crippen LogP contribution in [0.4, 0.5) is 0 Å². The highest BCUT2D eigenvalue weighted by atomic mass is 16.5. The average molecular weight is 313 g/mol. The fourth-order valence-electron chi connectivity index (χ4n) is 2.67. The molecule has 0 spiro atoms. The summed E-state index contributed by atoms with van der Waals surface area (Å²) in [4.78, 5) is 0. The van der Waals surface area contributed by atoms with Crippen molar-refractivity contribution in [3.05, 3.63) is 42.0 Å². The fourth-order valence-corrected chi connectivity index (χ4v) is 2.67. The number of unbranched alkanes of at least 4 members (excludes halogenated alkanes) is 2. The van der Waals surface area contributed by atoms with Crippen LogP contribution in [-0.2, 0) is 6.42 Å². The summed E-state index contributed by atoms with van der Waals surface area (Å²) in [5.41, 5.74) is 7.54. The molecule has 0 saturated heterocycles. The predicted octanol–water partition coefficient (Wildman–Crippen LogP) is 5.47. The highest BCUT2D eigenvalue weighted by Gasteiger charge is 2.15. The van der Waals surface area contributed by atoms with Gasteiger partial charge in [0.1, 0.15) is 5.75 Å². The molecule has 0 saturated carbocycles. The molecule has 0 aliphatic rings. The third-order valence-electron chi connectivity index (χ3n) is 4.69. The van der Waals surface area contributed by atoms with E-state index in [0.29, 0.717) is 0 Å². The first-order valence-electron chi connectivity index (χ1n) is 8.98. The van der Waals surface area contributed by atoms with Crippen molar-refractivity contribution in [2.24, 2.45) is 5.73 Å². The van der Waals surface area contributed by atoms with Crippen LogP contribution in [0.2, 0.25) is 0 Å². The SMILES string of the molecule is CCCCCOc1ccc2cc(CC[C@@](C)(N)CC)ccc2c1. The number of hydrogen-bond acceptors (Lipinski definition) is 2. The molecule has 2 aromatic carbocycles. The molecular formula is C21H31NO. The van der Waals surface area contributed by atoms with Gasteiger partial charge in [-0.2, -0.15) is 0 Å². The maximum Gasteiger partial charge on any atom is 0.119 e. The Kier molecular flexibility index (Phi) is 6.47. The smallest absolute Gasteiger partial charge is 0.119 e. The Morgan fingerprint density at radius 1 is 1.00 bits per heavy atom. The van der Waals surface area contributed by atoms with Gasteiger partial charge in [-0.25, -0.2) is 0 Å². The minimum atomic E-state index is -0.0643. The zero-order valence-corrected chi connectivity index (χ0v) is 14.9. The lowest BCUT2D eigenvalue weighted by Gasteiger charge is -2.22. The van der Waals surface area contributed by atoms with Gasteiger partial charge in [-0.1, -0.05) is 51.0 Å². The molecule has 0 aliphatic carbocycles. The fraction of sp³-hybridized carbons (Fsp3) is 0.524. The minimum absolute atomic E-state index is 0.0643. The van der Waals surface area contributed by atoms with Crippen LogP contribution >= 0.6 is 0 Å². The van der Waals surface area contributed by atoms with E-state index in [-0.39, 0.29) is 5.54 Å². The van der Waals surface area contributed by atoms with Crippen LogP contribution in [0.3, 0.4) is 0 Å². The molecule has 0 aliphatic heterocycles. The van der Waals surface area contributed by atoms with Gasteiger partial charge in [0, 0.05) is 5.54 Å². The standard InChI is InChI=1S/C21H31NO/c1-4-6-7-14-23-20-11-10-18-15-17(8-9-19(18)16-20)12-13-21(3,22)5-2/h8-11,15-16H,4-7,12-14,22H2,1-3H3/t21-/m0/s1. The van der Waals surface area contributed by atoms with Crippen molar-refractivity contribution < 1.29 is 4.74 Å². The Balaban J connectivity index is 2.01. The van der Waals surface area contributed by atoms with Crippen LogP contribution in [0.5, 0.6) is 5.75 Å². The van der Waals surface area contributed by atoms with Crippen LogP contribution in [0.1, 0.15) is 58.4 Å². The summed E-state index contributed by atoms with van der Waals surface area (Å²) in [5, 5.41) is 2.52. The third-order valence-corrected chi connectivity index (χ3v) is 4.69. The first-order valence-corrected chi connectivity index (χ1v) is 8.98. The van der Waals surface area contributed by atoms with Gasteiger partial charge in [0.2, 0.25) is 0 Å². The molecule has 2 N–H and O–H groups in total. The molecule has 2 heteroatoms. The van der Waals surface area contributed by atoms with Gasteiger partial charge in [0.05, 0.1) is 6.61 Å². The molecule has 2 rings (SSSR count). The van der Waals surface area contributed by atoms with Crippen LogP contribution < -0.4 is 10.5 Å². The average Bonchev–Trinajstić information content (AvgIpc) is 2.57. The van der Waals surface area contributed by atoms with E-state index in [2.05, 4.69) is 57.2 Å². The Bertz CT molecular complexity index is 618. The number of hydrogen-bond donors (Lipinski definition) is 1. The van der Waals surface area contributed by atoms with E-state index in [1.807, 2.05) is 0 Å². The zero-order valence-electron chi connectivity index (χ0n) is 14.9.